The molecular formula is C88H78BN5NaO24. The molecule has 15 N–H and O–H groups in total. The van der Waals surface area contributed by atoms with Crippen LogP contribution in [0, 0.1) is 10.1 Å². The van der Waals surface area contributed by atoms with E-state index in [0.29, 0.717) is 81.0 Å². The zero-order valence-corrected chi connectivity index (χ0v) is 66.0. The first-order valence-electron chi connectivity index (χ1n) is 36.5. The molecule has 10 aromatic carbocycles. The van der Waals surface area contributed by atoms with Gasteiger partial charge in [0.05, 0.1) is 45.3 Å². The number of aliphatic hydroxyl groups is 2. The SMILES string of the molecule is CO.Nc1ccc2c(c1)Cc1cccc(C(=O)O)c1-2.O=C(O)CCCC(=O)Nc1ccc2c(c1)C(CO)c1cccc(C(=O)O)c1-2.O=C(O)CCCC(=O)Nc1ccc2c(c1)Cc1cccc(C(=O)O)c1-2.O=C(O)c1cccc2c1-c1ccc([N+](=O)[O-])cc1C2.O=CC1c2cc(NC(=O)CCCC(=O)O)ccc2-c2c(C(=O)O)cccc21.[B].[H-].[Na+]. The fourth-order valence-electron chi connectivity index (χ4n) is 15.0. The number of hydrogen-bond donors (Lipinski definition) is 14. The minimum atomic E-state index is -1.07. The van der Waals surface area contributed by atoms with Gasteiger partial charge in [-0.25, -0.2) is 24.0 Å². The first-order chi connectivity index (χ1) is 56.0. The third kappa shape index (κ3) is 21.1. The Hall–Kier alpha value is -13.8. The average Bonchev–Trinajstić information content (AvgIpc) is 1.59. The van der Waals surface area contributed by atoms with Crippen molar-refractivity contribution < 1.29 is 145 Å². The second-order valence-corrected chi connectivity index (χ2v) is 27.3. The zero-order chi connectivity index (χ0) is 84.6. The van der Waals surface area contributed by atoms with E-state index in [1.54, 1.807) is 109 Å². The third-order valence-electron chi connectivity index (χ3n) is 19.9. The van der Waals surface area contributed by atoms with Crippen LogP contribution in [0.2, 0.25) is 0 Å². The van der Waals surface area contributed by atoms with E-state index in [0.717, 1.165) is 97.7 Å². The van der Waals surface area contributed by atoms with E-state index < -0.39 is 58.6 Å². The molecule has 0 heterocycles. The number of carbonyl (C=O) groups excluding carboxylic acids is 4. The largest absolute Gasteiger partial charge is 1.00 e. The van der Waals surface area contributed by atoms with Crippen LogP contribution in [0.1, 0.15) is 178 Å². The number of nitrogens with one attached hydrogen (secondary N) is 3. The van der Waals surface area contributed by atoms with Gasteiger partial charge in [0.1, 0.15) is 6.29 Å². The number of anilines is 4. The van der Waals surface area contributed by atoms with Gasteiger partial charge in [0.25, 0.3) is 5.69 Å². The van der Waals surface area contributed by atoms with Crippen molar-refractivity contribution in [3.8, 4) is 55.6 Å². The first kappa shape index (κ1) is 90.8. The van der Waals surface area contributed by atoms with Crippen molar-refractivity contribution in [2.24, 2.45) is 0 Å². The van der Waals surface area contributed by atoms with E-state index >= 15 is 0 Å². The molecule has 603 valence electrons. The van der Waals surface area contributed by atoms with E-state index in [2.05, 4.69) is 16.0 Å². The number of rotatable bonds is 23. The maximum Gasteiger partial charge on any atom is 1.00 e. The van der Waals surface area contributed by atoms with Crippen LogP contribution in [-0.2, 0) is 52.8 Å². The average molecular weight is 1620 g/mol. The van der Waals surface area contributed by atoms with Crippen molar-refractivity contribution >= 4 is 109 Å². The smallest absolute Gasteiger partial charge is 1.00 e. The molecule has 3 radical (unpaired) electrons. The van der Waals surface area contributed by atoms with Crippen molar-refractivity contribution in [1.29, 1.82) is 0 Å². The Morgan fingerprint density at radius 1 is 0.403 bits per heavy atom. The number of nitro groups is 1. The number of hydrogen-bond acceptors (Lipinski definition) is 17. The van der Waals surface area contributed by atoms with Crippen molar-refractivity contribution in [3.63, 3.8) is 0 Å². The molecule has 5 aliphatic carbocycles. The maximum atomic E-state index is 12.0. The van der Waals surface area contributed by atoms with Crippen LogP contribution >= 0.6 is 0 Å². The number of carboxylic acids is 8. The standard InChI is InChI=1S/C20H19NO6.C20H17NO6.C19H17NO5.C14H9NO4.C14H11NO2.CH4O.B.Na.H/c2*22-10-16-12-3-1-4-14(20(26)27)19(12)13-8-7-11(9-15(13)16)21-17(23)5-2-6-18(24)25;21-16(5-2-6-17(22)23)20-13-7-8-14-12(10-13)9-11-3-1-4-15(18(11)14)19(24)25;16-14(17)12-3-1-2-8-6-9-7-10(15(18)19)4-5-11(9)13(8)12;15-10-4-5-11-9(7-10)6-8-2-1-3-12(13(8)11)14(16)17;1-2;;;/h1,3-4,7-9,16,22H,2,5-6,10H2,(H,21,23)(H,24,25)(H,26,27);1,3-4,7-10,16H,2,5-6H2,(H,21,23)(H,24,25)(H,26,27);1,3-4,7-8,10H,2,5-6,9H2,(H,20,21)(H,22,23)(H,24,25);1-5,7H,6H2,(H,16,17);1-5,7H,6,15H2,(H,16,17);2H,1H3;;;/q;;;;;;;+1;-1. The van der Waals surface area contributed by atoms with Crippen molar-refractivity contribution in [2.45, 2.75) is 88.9 Å². The summed E-state index contributed by atoms with van der Waals surface area (Å²) in [6.07, 6.45) is 3.57. The Morgan fingerprint density at radius 3 is 1.12 bits per heavy atom. The molecule has 0 aliphatic heterocycles. The number of aldehydes is 1. The molecule has 0 saturated heterocycles. The minimum absolute atomic E-state index is 0. The van der Waals surface area contributed by atoms with E-state index in [1.165, 1.54) is 24.3 Å². The molecular weight excluding hydrogens is 1540 g/mol. The van der Waals surface area contributed by atoms with Gasteiger partial charge < -0.3 is 79.0 Å². The van der Waals surface area contributed by atoms with Crippen LogP contribution in [0.15, 0.2) is 182 Å². The van der Waals surface area contributed by atoms with Crippen molar-refractivity contribution in [1.82, 2.24) is 0 Å². The topological polar surface area (TPSA) is 512 Å². The zero-order valence-electron chi connectivity index (χ0n) is 65.0. The summed E-state index contributed by atoms with van der Waals surface area (Å²) in [5, 5.41) is 108. The van der Waals surface area contributed by atoms with Crippen LogP contribution in [0.3, 0.4) is 0 Å². The Bertz CT molecular complexity index is 5720. The Morgan fingerprint density at radius 2 is 0.731 bits per heavy atom. The van der Waals surface area contributed by atoms with Crippen LogP contribution in [0.25, 0.3) is 55.6 Å². The van der Waals surface area contributed by atoms with Gasteiger partial charge in [0.15, 0.2) is 0 Å². The quantitative estimate of drug-likeness (QED) is 0.00930. The summed E-state index contributed by atoms with van der Waals surface area (Å²) in [6.45, 7) is -0.181. The van der Waals surface area contributed by atoms with Gasteiger partial charge in [-0.05, 0) is 224 Å². The molecule has 10 aromatic rings. The molecule has 31 heteroatoms. The first-order valence-corrected chi connectivity index (χ1v) is 36.5. The number of nitrogens with zero attached hydrogens (tertiary/aromatic N) is 1. The molecule has 0 spiro atoms. The summed E-state index contributed by atoms with van der Waals surface area (Å²) >= 11 is 0. The number of carbonyl (C=O) groups is 12. The number of aliphatic carboxylic acids is 3. The van der Waals surface area contributed by atoms with Crippen LogP contribution < -0.4 is 51.2 Å². The third-order valence-corrected chi connectivity index (χ3v) is 19.9. The predicted octanol–water partition coefficient (Wildman–Crippen LogP) is 10.5. The Balaban J connectivity index is 0.000000206. The summed E-state index contributed by atoms with van der Waals surface area (Å²) in [7, 11) is 1.00. The number of amides is 3. The normalized spacial score (nSPS) is 12.5. The number of non-ortho nitro benzene ring substituents is 1. The van der Waals surface area contributed by atoms with Crippen LogP contribution in [0.5, 0.6) is 0 Å². The Kier molecular flexibility index (Phi) is 31.0. The number of nitrogen functional groups attached to an aromatic ring is 1. The van der Waals surface area contributed by atoms with Crippen molar-refractivity contribution in [2.75, 3.05) is 35.4 Å². The monoisotopic (exact) mass is 1620 g/mol. The number of aromatic carboxylic acids is 5. The molecule has 0 bridgehead atoms. The summed E-state index contributed by atoms with van der Waals surface area (Å²) in [5.74, 6) is -9.56. The summed E-state index contributed by atoms with van der Waals surface area (Å²) < 4.78 is 0. The molecule has 0 saturated carbocycles. The van der Waals surface area contributed by atoms with Gasteiger partial charge >= 0.3 is 77.3 Å². The Labute approximate surface area is 704 Å². The van der Waals surface area contributed by atoms with E-state index in [1.807, 2.05) is 48.5 Å². The van der Waals surface area contributed by atoms with Gasteiger partial charge in [-0.3, -0.25) is 38.9 Å². The van der Waals surface area contributed by atoms with Crippen LogP contribution in [0.4, 0.5) is 28.4 Å². The number of fused-ring (bicyclic) bond motifs is 15. The second-order valence-electron chi connectivity index (χ2n) is 27.3. The molecule has 3 amide bonds. The van der Waals surface area contributed by atoms with Gasteiger partial charge in [-0.15, -0.1) is 0 Å². The number of carboxylic acid groups (broad SMARTS) is 8. The molecule has 119 heavy (non-hydrogen) atoms. The molecule has 2 atom stereocenters. The second kappa shape index (κ2) is 40.7. The number of nitro benzene ring substituents is 1. The molecule has 5 aliphatic rings. The van der Waals surface area contributed by atoms with E-state index in [-0.39, 0.29) is 149 Å². The predicted molar refractivity (Wildman–Crippen MR) is 436 cm³/mol. The summed E-state index contributed by atoms with van der Waals surface area (Å²) in [5.41, 5.74) is 25.3. The van der Waals surface area contributed by atoms with Gasteiger partial charge in [-0.2, -0.15) is 0 Å². The fraction of sp³-hybridized carbons (Fsp3) is 0.182. The van der Waals surface area contributed by atoms with E-state index in [9.17, 15) is 98.3 Å². The number of nitrogens with two attached hydrogens (primary N) is 1. The van der Waals surface area contributed by atoms with E-state index in [4.69, 9.17) is 26.2 Å². The summed E-state index contributed by atoms with van der Waals surface area (Å²) in [4.78, 5) is 146. The van der Waals surface area contributed by atoms with Crippen molar-refractivity contribution in [3.05, 3.63) is 276 Å². The fourth-order valence-corrected chi connectivity index (χ4v) is 15.0. The van der Waals surface area contributed by atoms with Gasteiger partial charge in [-0.1, -0.05) is 84.9 Å². The van der Waals surface area contributed by atoms with Gasteiger partial charge in [0, 0.05) is 106 Å². The molecule has 29 nitrogen and oxygen atoms in total. The summed E-state index contributed by atoms with van der Waals surface area (Å²) in [6, 6.07) is 51.3. The number of benzene rings is 10. The molecule has 15 rings (SSSR count). The van der Waals surface area contributed by atoms with Gasteiger partial charge in [0.2, 0.25) is 17.7 Å². The van der Waals surface area contributed by atoms with Crippen LogP contribution in [-0.4, -0.2) is 150 Å². The number of aliphatic hydroxyl groups excluding tert-OH is 2. The minimum Gasteiger partial charge on any atom is -1.00 e. The molecule has 2 unspecified atom stereocenters. The maximum absolute atomic E-state index is 12.0. The molecule has 0 aromatic heterocycles. The molecule has 0 fully saturated rings.